The molecule has 76 valence electrons. The number of cyclic esters (lactones) is 1. The summed E-state index contributed by atoms with van der Waals surface area (Å²) in [6.45, 7) is 0.931. The zero-order valence-corrected chi connectivity index (χ0v) is 8.35. The van der Waals surface area contributed by atoms with Crippen molar-refractivity contribution < 1.29 is 14.1 Å². The lowest BCUT2D eigenvalue weighted by Crippen LogP contribution is -2.22. The highest BCUT2D eigenvalue weighted by atomic mass is 16.6. The van der Waals surface area contributed by atoms with Crippen LogP contribution < -0.4 is 0 Å². The first-order valence-electron chi connectivity index (χ1n) is 5.27. The first kappa shape index (κ1) is 8.65. The second-order valence-electron chi connectivity index (χ2n) is 3.94. The van der Waals surface area contributed by atoms with Crippen molar-refractivity contribution in [2.75, 3.05) is 6.54 Å². The summed E-state index contributed by atoms with van der Waals surface area (Å²) < 4.78 is 7.40. The van der Waals surface area contributed by atoms with Gasteiger partial charge in [-0.3, -0.25) is 0 Å². The van der Waals surface area contributed by atoms with Gasteiger partial charge in [-0.2, -0.15) is 4.58 Å². The van der Waals surface area contributed by atoms with Crippen LogP contribution in [-0.4, -0.2) is 29.0 Å². The standard InChI is InChI=1S/C12H12NO2/c14-12-10-7-4-8-13(10)11(15-12)9-5-2-1-3-6-9/h1-3,5-6,10H,4,7-8H2/q+1. The van der Waals surface area contributed by atoms with Crippen molar-refractivity contribution in [1.29, 1.82) is 0 Å². The highest BCUT2D eigenvalue weighted by Crippen LogP contribution is 2.22. The lowest BCUT2D eigenvalue weighted by molar-refractivity contribution is -0.525. The Morgan fingerprint density at radius 2 is 2.07 bits per heavy atom. The van der Waals surface area contributed by atoms with E-state index in [4.69, 9.17) is 4.74 Å². The number of nitrogens with zero attached hydrogens (tertiary/aromatic N) is 1. The first-order valence-corrected chi connectivity index (χ1v) is 5.27. The smallest absolute Gasteiger partial charge is 0.366 e. The number of hydrogen-bond acceptors (Lipinski definition) is 2. The minimum Gasteiger partial charge on any atom is -0.366 e. The number of carbonyl (C=O) groups is 1. The van der Waals surface area contributed by atoms with Gasteiger partial charge in [-0.25, -0.2) is 4.79 Å². The largest absolute Gasteiger partial charge is 0.385 e. The SMILES string of the molecule is O=C1OC(c2ccccc2)=[N+]2CCCC12. The van der Waals surface area contributed by atoms with Crippen molar-refractivity contribution in [3.8, 4) is 0 Å². The predicted octanol–water partition coefficient (Wildman–Crippen LogP) is 1.16. The molecule has 3 nitrogen and oxygen atoms in total. The number of ether oxygens (including phenoxy) is 1. The average molecular weight is 202 g/mol. The maximum atomic E-state index is 11.6. The maximum absolute atomic E-state index is 11.6. The molecule has 1 aromatic carbocycles. The van der Waals surface area contributed by atoms with Crippen LogP contribution in [0.25, 0.3) is 0 Å². The van der Waals surface area contributed by atoms with E-state index in [1.807, 2.05) is 30.3 Å². The Morgan fingerprint density at radius 3 is 2.87 bits per heavy atom. The van der Waals surface area contributed by atoms with Crippen molar-refractivity contribution >= 4 is 11.9 Å². The van der Waals surface area contributed by atoms with Gasteiger partial charge in [0, 0.05) is 12.8 Å². The summed E-state index contributed by atoms with van der Waals surface area (Å²) in [6, 6.07) is 9.80. The van der Waals surface area contributed by atoms with Gasteiger partial charge in [-0.15, -0.1) is 0 Å². The molecule has 15 heavy (non-hydrogen) atoms. The fourth-order valence-electron chi connectivity index (χ4n) is 2.28. The summed E-state index contributed by atoms with van der Waals surface area (Å²) in [5, 5.41) is 0. The van der Waals surface area contributed by atoms with E-state index in [0.717, 1.165) is 30.8 Å². The Balaban J connectivity index is 2.07. The number of hydrogen-bond donors (Lipinski definition) is 0. The van der Waals surface area contributed by atoms with Crippen molar-refractivity contribution in [2.45, 2.75) is 18.9 Å². The Hall–Kier alpha value is -1.64. The van der Waals surface area contributed by atoms with E-state index in [1.165, 1.54) is 0 Å². The van der Waals surface area contributed by atoms with Gasteiger partial charge in [0.15, 0.2) is 0 Å². The average Bonchev–Trinajstić information content (AvgIpc) is 2.84. The van der Waals surface area contributed by atoms with Crippen LogP contribution in [0.2, 0.25) is 0 Å². The van der Waals surface area contributed by atoms with Crippen molar-refractivity contribution in [3.05, 3.63) is 35.9 Å². The molecule has 2 aliphatic heterocycles. The molecular formula is C12H12NO2+. The van der Waals surface area contributed by atoms with Crippen LogP contribution in [0.15, 0.2) is 30.3 Å². The molecule has 1 unspecified atom stereocenters. The highest BCUT2D eigenvalue weighted by molar-refractivity contribution is 6.01. The fourth-order valence-corrected chi connectivity index (χ4v) is 2.28. The number of rotatable bonds is 1. The van der Waals surface area contributed by atoms with Crippen LogP contribution >= 0.6 is 0 Å². The molecule has 0 saturated carbocycles. The molecule has 2 heterocycles. The molecule has 1 atom stereocenters. The molecule has 0 amide bonds. The Bertz CT molecular complexity index is 436. The summed E-state index contributed by atoms with van der Waals surface area (Å²) in [4.78, 5) is 11.6. The molecule has 0 N–H and O–H groups in total. The molecule has 1 saturated heterocycles. The van der Waals surface area contributed by atoms with Crippen molar-refractivity contribution in [2.24, 2.45) is 0 Å². The number of esters is 1. The van der Waals surface area contributed by atoms with Crippen molar-refractivity contribution in [1.82, 2.24) is 0 Å². The second-order valence-corrected chi connectivity index (χ2v) is 3.94. The number of carbonyl (C=O) groups excluding carboxylic acids is 1. The molecule has 0 bridgehead atoms. The molecular weight excluding hydrogens is 190 g/mol. The molecule has 2 aliphatic rings. The maximum Gasteiger partial charge on any atom is 0.385 e. The lowest BCUT2D eigenvalue weighted by Gasteiger charge is -1.96. The number of benzene rings is 1. The third-order valence-electron chi connectivity index (χ3n) is 3.00. The Labute approximate surface area is 88.0 Å². The molecule has 0 aliphatic carbocycles. The van der Waals surface area contributed by atoms with Gasteiger partial charge in [-0.05, 0) is 12.1 Å². The lowest BCUT2D eigenvalue weighted by atomic mass is 10.2. The monoisotopic (exact) mass is 202 g/mol. The van der Waals surface area contributed by atoms with Crippen LogP contribution in [0.4, 0.5) is 0 Å². The van der Waals surface area contributed by atoms with Gasteiger partial charge in [-0.1, -0.05) is 18.2 Å². The topological polar surface area (TPSA) is 29.3 Å². The third-order valence-corrected chi connectivity index (χ3v) is 3.00. The van der Waals surface area contributed by atoms with Gasteiger partial charge < -0.3 is 4.74 Å². The van der Waals surface area contributed by atoms with Crippen LogP contribution in [0.3, 0.4) is 0 Å². The van der Waals surface area contributed by atoms with Gasteiger partial charge in [0.2, 0.25) is 0 Å². The molecule has 3 heteroatoms. The van der Waals surface area contributed by atoms with E-state index in [9.17, 15) is 4.79 Å². The van der Waals surface area contributed by atoms with Crippen LogP contribution in [0.5, 0.6) is 0 Å². The van der Waals surface area contributed by atoms with Gasteiger partial charge in [0.05, 0.1) is 5.56 Å². The molecule has 0 spiro atoms. The highest BCUT2D eigenvalue weighted by Gasteiger charge is 2.46. The first-order chi connectivity index (χ1) is 7.36. The van der Waals surface area contributed by atoms with E-state index < -0.39 is 0 Å². The van der Waals surface area contributed by atoms with Crippen molar-refractivity contribution in [3.63, 3.8) is 0 Å². The van der Waals surface area contributed by atoms with E-state index in [0.29, 0.717) is 0 Å². The van der Waals surface area contributed by atoms with Gasteiger partial charge in [0.25, 0.3) is 6.04 Å². The minimum absolute atomic E-state index is 0.0276. The zero-order chi connectivity index (χ0) is 10.3. The van der Waals surface area contributed by atoms with E-state index in [-0.39, 0.29) is 12.0 Å². The number of fused-ring (bicyclic) bond motifs is 1. The zero-order valence-electron chi connectivity index (χ0n) is 8.35. The minimum atomic E-state index is -0.0913. The fraction of sp³-hybridized carbons (Fsp3) is 0.333. The molecule has 1 fully saturated rings. The Kier molecular flexibility index (Phi) is 1.84. The van der Waals surface area contributed by atoms with E-state index >= 15 is 0 Å². The molecule has 3 rings (SSSR count). The second kappa shape index (κ2) is 3.19. The summed E-state index contributed by atoms with van der Waals surface area (Å²) in [6.07, 6.45) is 2.01. The normalized spacial score (nSPS) is 24.3. The molecule has 1 aromatic rings. The predicted molar refractivity (Wildman–Crippen MR) is 54.8 cm³/mol. The third kappa shape index (κ3) is 1.27. The summed E-state index contributed by atoms with van der Waals surface area (Å²) in [5.41, 5.74) is 0.996. The summed E-state index contributed by atoms with van der Waals surface area (Å²) in [5.74, 6) is 0.648. The van der Waals surface area contributed by atoms with Crippen LogP contribution in [0.1, 0.15) is 18.4 Å². The van der Waals surface area contributed by atoms with E-state index in [1.54, 1.807) is 0 Å². The molecule has 0 aromatic heterocycles. The summed E-state index contributed by atoms with van der Waals surface area (Å²) >= 11 is 0. The van der Waals surface area contributed by atoms with Gasteiger partial charge in [0.1, 0.15) is 6.54 Å². The van der Waals surface area contributed by atoms with Crippen LogP contribution in [0, 0.1) is 0 Å². The quantitative estimate of drug-likeness (QED) is 0.505. The molecule has 0 radical (unpaired) electrons. The van der Waals surface area contributed by atoms with Crippen LogP contribution in [-0.2, 0) is 9.53 Å². The van der Waals surface area contributed by atoms with E-state index in [2.05, 4.69) is 4.58 Å². The Morgan fingerprint density at radius 1 is 1.27 bits per heavy atom. The van der Waals surface area contributed by atoms with Gasteiger partial charge >= 0.3 is 11.9 Å². The summed E-state index contributed by atoms with van der Waals surface area (Å²) in [7, 11) is 0.